The standard InChI is InChI=1S/C75H118O6/c1-4-7-10-13-16-19-22-24-26-28-29-30-31-32-33-34-35-36-37-38-39-40-41-42-43-44-45-47-48-50-53-56-59-62-65-68-74(77)80-71-72(70-79-73(76)67-64-61-58-55-52-21-18-15-12-9-6-3)81-75(78)69-66-63-60-57-54-51-49-46-27-25-23-20-17-14-11-8-5-2/h7-8,10-11,16-17,19-20,24-27,29-30,32-33,35-36,38-39,41-42,44-45,48-51,72H,4-6,9,12-15,18,21-23,28,31,34,37,40,43,46-47,52-71H2,1-3H3/b10-7-,11-8-,19-16-,20-17-,26-24-,27-25-,30-29-,33-32-,36-35-,39-38-,42-41-,45-44-,50-48-,51-49-. The molecule has 0 aromatic rings. The van der Waals surface area contributed by atoms with Crippen molar-refractivity contribution in [2.24, 2.45) is 0 Å². The number of hydrogen-bond donors (Lipinski definition) is 0. The molecule has 1 atom stereocenters. The Labute approximate surface area is 498 Å². The molecule has 0 aliphatic carbocycles. The van der Waals surface area contributed by atoms with Crippen LogP contribution in [0.15, 0.2) is 170 Å². The zero-order chi connectivity index (χ0) is 58.5. The zero-order valence-corrected chi connectivity index (χ0v) is 52.0. The van der Waals surface area contributed by atoms with Gasteiger partial charge in [0.1, 0.15) is 13.2 Å². The Balaban J connectivity index is 4.34. The summed E-state index contributed by atoms with van der Waals surface area (Å²) in [6, 6.07) is 0. The van der Waals surface area contributed by atoms with E-state index in [2.05, 4.69) is 191 Å². The van der Waals surface area contributed by atoms with Crippen LogP contribution in [0.2, 0.25) is 0 Å². The first-order valence-corrected chi connectivity index (χ1v) is 32.6. The molecule has 0 saturated heterocycles. The highest BCUT2D eigenvalue weighted by Crippen LogP contribution is 2.14. The van der Waals surface area contributed by atoms with Gasteiger partial charge in [0.15, 0.2) is 6.10 Å². The maximum atomic E-state index is 12.9. The van der Waals surface area contributed by atoms with E-state index in [0.717, 1.165) is 173 Å². The van der Waals surface area contributed by atoms with Gasteiger partial charge >= 0.3 is 17.9 Å². The number of unbranched alkanes of at least 4 members (excludes halogenated alkanes) is 18. The molecule has 0 radical (unpaired) electrons. The van der Waals surface area contributed by atoms with Crippen molar-refractivity contribution in [2.75, 3.05) is 13.2 Å². The molecular formula is C75H118O6. The van der Waals surface area contributed by atoms with E-state index in [-0.39, 0.29) is 37.5 Å². The molecule has 0 rings (SSSR count). The molecule has 454 valence electrons. The molecule has 0 fully saturated rings. The lowest BCUT2D eigenvalue weighted by Crippen LogP contribution is -2.30. The third kappa shape index (κ3) is 65.5. The van der Waals surface area contributed by atoms with E-state index in [4.69, 9.17) is 14.2 Å². The predicted octanol–water partition coefficient (Wildman–Crippen LogP) is 22.7. The monoisotopic (exact) mass is 1110 g/mol. The van der Waals surface area contributed by atoms with E-state index in [1.807, 2.05) is 0 Å². The lowest BCUT2D eigenvalue weighted by molar-refractivity contribution is -0.167. The first-order valence-electron chi connectivity index (χ1n) is 32.6. The molecule has 0 heterocycles. The average molecular weight is 1120 g/mol. The van der Waals surface area contributed by atoms with Crippen LogP contribution in [-0.2, 0) is 28.6 Å². The van der Waals surface area contributed by atoms with E-state index in [9.17, 15) is 14.4 Å². The molecule has 0 aliphatic heterocycles. The van der Waals surface area contributed by atoms with E-state index < -0.39 is 6.10 Å². The fraction of sp³-hybridized carbons (Fsp3) is 0.587. The second-order valence-corrected chi connectivity index (χ2v) is 20.9. The molecule has 81 heavy (non-hydrogen) atoms. The molecule has 1 unspecified atom stereocenters. The Hall–Kier alpha value is -5.23. The molecule has 0 aromatic heterocycles. The molecule has 6 nitrogen and oxygen atoms in total. The van der Waals surface area contributed by atoms with Gasteiger partial charge in [0.25, 0.3) is 0 Å². The van der Waals surface area contributed by atoms with Gasteiger partial charge in [-0.3, -0.25) is 14.4 Å². The van der Waals surface area contributed by atoms with Crippen LogP contribution in [0.3, 0.4) is 0 Å². The Morgan fingerprint density at radius 2 is 0.481 bits per heavy atom. The predicted molar refractivity (Wildman–Crippen MR) is 352 cm³/mol. The van der Waals surface area contributed by atoms with Gasteiger partial charge < -0.3 is 14.2 Å². The fourth-order valence-corrected chi connectivity index (χ4v) is 8.40. The molecular weight excluding hydrogens is 997 g/mol. The number of hydrogen-bond acceptors (Lipinski definition) is 6. The van der Waals surface area contributed by atoms with Crippen molar-refractivity contribution in [3.8, 4) is 0 Å². The number of carbonyl (C=O) groups excluding carboxylic acids is 3. The quantitative estimate of drug-likeness (QED) is 0.0261. The SMILES string of the molecule is CC/C=C\C/C=C\C/C=C\C/C=C\C/C=C\C/C=C\C/C=C\C/C=C\C/C=C\C/C=C\CCCCCCC(=O)OCC(COC(=O)CCCCCCCCCCCCC)OC(=O)CCCCCC/C=C\C/C=C\C/C=C\C/C=C\CC. The smallest absolute Gasteiger partial charge is 0.306 e. The van der Waals surface area contributed by atoms with Gasteiger partial charge in [-0.1, -0.05) is 281 Å². The summed E-state index contributed by atoms with van der Waals surface area (Å²) in [5.74, 6) is -0.956. The first-order chi connectivity index (χ1) is 40.0. The minimum atomic E-state index is -0.808. The van der Waals surface area contributed by atoms with E-state index in [0.29, 0.717) is 12.8 Å². The van der Waals surface area contributed by atoms with Gasteiger partial charge in [0.05, 0.1) is 0 Å². The lowest BCUT2D eigenvalue weighted by Gasteiger charge is -2.18. The number of esters is 3. The highest BCUT2D eigenvalue weighted by Gasteiger charge is 2.19. The number of carbonyl (C=O) groups is 3. The lowest BCUT2D eigenvalue weighted by atomic mass is 10.1. The molecule has 0 N–H and O–H groups in total. The minimum Gasteiger partial charge on any atom is -0.462 e. The van der Waals surface area contributed by atoms with Gasteiger partial charge in [-0.25, -0.2) is 0 Å². The van der Waals surface area contributed by atoms with Crippen LogP contribution < -0.4 is 0 Å². The number of ether oxygens (including phenoxy) is 3. The maximum Gasteiger partial charge on any atom is 0.306 e. The second kappa shape index (κ2) is 67.3. The molecule has 0 aromatic carbocycles. The number of rotatable bonds is 57. The largest absolute Gasteiger partial charge is 0.462 e. The maximum absolute atomic E-state index is 12.9. The highest BCUT2D eigenvalue weighted by molar-refractivity contribution is 5.71. The number of allylic oxidation sites excluding steroid dienone is 28. The van der Waals surface area contributed by atoms with Crippen molar-refractivity contribution in [2.45, 2.75) is 271 Å². The molecule has 0 bridgehead atoms. The van der Waals surface area contributed by atoms with Crippen LogP contribution >= 0.6 is 0 Å². The van der Waals surface area contributed by atoms with Crippen LogP contribution in [0.1, 0.15) is 265 Å². The summed E-state index contributed by atoms with van der Waals surface area (Å²) in [7, 11) is 0. The molecule has 0 spiro atoms. The molecule has 0 amide bonds. The summed E-state index contributed by atoms with van der Waals surface area (Å²) in [6.45, 7) is 6.36. The van der Waals surface area contributed by atoms with Crippen molar-refractivity contribution in [1.29, 1.82) is 0 Å². The summed E-state index contributed by atoms with van der Waals surface area (Å²) in [5, 5.41) is 0. The molecule has 6 heteroatoms. The normalized spacial score (nSPS) is 13.3. The minimum absolute atomic E-state index is 0.101. The van der Waals surface area contributed by atoms with Crippen LogP contribution in [0.4, 0.5) is 0 Å². The topological polar surface area (TPSA) is 78.9 Å². The summed E-state index contributed by atoms with van der Waals surface area (Å²) in [5.41, 5.74) is 0. The van der Waals surface area contributed by atoms with Gasteiger partial charge in [-0.05, 0) is 135 Å². The van der Waals surface area contributed by atoms with Crippen molar-refractivity contribution < 1.29 is 28.6 Å². The third-order valence-corrected chi connectivity index (χ3v) is 13.2. The Kier molecular flexibility index (Phi) is 62.9. The fourth-order valence-electron chi connectivity index (χ4n) is 8.40. The summed E-state index contributed by atoms with van der Waals surface area (Å²) < 4.78 is 16.8. The third-order valence-electron chi connectivity index (χ3n) is 13.2. The van der Waals surface area contributed by atoms with Crippen LogP contribution in [-0.4, -0.2) is 37.2 Å². The van der Waals surface area contributed by atoms with Gasteiger partial charge in [0, 0.05) is 19.3 Å². The molecule has 0 saturated carbocycles. The van der Waals surface area contributed by atoms with E-state index >= 15 is 0 Å². The van der Waals surface area contributed by atoms with E-state index in [1.165, 1.54) is 51.4 Å². The first kappa shape index (κ1) is 75.8. The van der Waals surface area contributed by atoms with Gasteiger partial charge in [-0.15, -0.1) is 0 Å². The Bertz CT molecular complexity index is 1860. The zero-order valence-electron chi connectivity index (χ0n) is 52.0. The summed E-state index contributed by atoms with van der Waals surface area (Å²) in [6.07, 6.45) is 99.4. The van der Waals surface area contributed by atoms with Gasteiger partial charge in [0.2, 0.25) is 0 Å². The van der Waals surface area contributed by atoms with Crippen LogP contribution in [0.25, 0.3) is 0 Å². The Morgan fingerprint density at radius 3 is 0.753 bits per heavy atom. The highest BCUT2D eigenvalue weighted by atomic mass is 16.6. The Morgan fingerprint density at radius 1 is 0.259 bits per heavy atom. The van der Waals surface area contributed by atoms with Crippen molar-refractivity contribution in [1.82, 2.24) is 0 Å². The summed E-state index contributed by atoms with van der Waals surface area (Å²) in [4.78, 5) is 38.2. The van der Waals surface area contributed by atoms with Crippen molar-refractivity contribution in [3.05, 3.63) is 170 Å². The van der Waals surface area contributed by atoms with Crippen LogP contribution in [0, 0.1) is 0 Å². The molecule has 0 aliphatic rings. The summed E-state index contributed by atoms with van der Waals surface area (Å²) >= 11 is 0. The van der Waals surface area contributed by atoms with Crippen molar-refractivity contribution in [3.63, 3.8) is 0 Å². The van der Waals surface area contributed by atoms with Crippen molar-refractivity contribution >= 4 is 17.9 Å². The van der Waals surface area contributed by atoms with Gasteiger partial charge in [-0.2, -0.15) is 0 Å². The van der Waals surface area contributed by atoms with E-state index in [1.54, 1.807) is 0 Å². The average Bonchev–Trinajstić information content (AvgIpc) is 3.47. The second-order valence-electron chi connectivity index (χ2n) is 20.9. The van der Waals surface area contributed by atoms with Crippen LogP contribution in [0.5, 0.6) is 0 Å².